The first kappa shape index (κ1) is 30.5. The maximum absolute atomic E-state index is 14.1. The number of likely N-dealkylation sites (N-methyl/N-ethyl adjacent to an activating group) is 1. The summed E-state index contributed by atoms with van der Waals surface area (Å²) < 4.78 is 5.60. The number of ether oxygens (including phenoxy) is 1. The van der Waals surface area contributed by atoms with Crippen LogP contribution in [0.1, 0.15) is 72.6 Å². The number of amides is 1. The van der Waals surface area contributed by atoms with Gasteiger partial charge in [0.05, 0.1) is 6.04 Å². The molecule has 0 aromatic heterocycles. The van der Waals surface area contributed by atoms with Crippen molar-refractivity contribution in [3.05, 3.63) is 80.3 Å². The second-order valence-corrected chi connectivity index (χ2v) is 13.5. The number of thioether (sulfide) groups is 1. The molecule has 2 aromatic rings. The highest BCUT2D eigenvalue weighted by Gasteiger charge is 2.53. The zero-order valence-electron chi connectivity index (χ0n) is 24.3. The minimum atomic E-state index is -0.734. The SMILES string of the molecule is CCN(C(=O)C1=C(C(C)C)N2C(=N[C@@](C)(c3ccc(Cl)cc3)[C@H]2c2ccc(Cl)cc2)S1)[C@@H](C)C(=O)OC(C)(C)C. The number of allylic oxidation sites excluding steroid dienone is 1. The summed E-state index contributed by atoms with van der Waals surface area (Å²) >= 11 is 13.9. The average Bonchev–Trinajstić information content (AvgIpc) is 3.37. The average molecular weight is 603 g/mol. The normalized spacial score (nSPS) is 21.4. The predicted molar refractivity (Wildman–Crippen MR) is 164 cm³/mol. The summed E-state index contributed by atoms with van der Waals surface area (Å²) in [6.07, 6.45) is 0. The molecule has 2 heterocycles. The number of fused-ring (bicyclic) bond motifs is 1. The number of aliphatic imine (C=N–C) groups is 1. The van der Waals surface area contributed by atoms with Gasteiger partial charge in [-0.05, 0) is 94.6 Å². The fourth-order valence-corrected chi connectivity index (χ4v) is 6.92. The fourth-order valence-electron chi connectivity index (χ4n) is 5.30. The molecule has 2 aliphatic heterocycles. The van der Waals surface area contributed by atoms with Gasteiger partial charge in [-0.15, -0.1) is 0 Å². The maximum Gasteiger partial charge on any atom is 0.329 e. The van der Waals surface area contributed by atoms with Gasteiger partial charge in [0.25, 0.3) is 5.91 Å². The molecule has 214 valence electrons. The summed E-state index contributed by atoms with van der Waals surface area (Å²) in [6, 6.07) is 14.6. The third kappa shape index (κ3) is 5.79. The minimum absolute atomic E-state index is 0.0112. The quantitative estimate of drug-likeness (QED) is 0.303. The Bertz CT molecular complexity index is 1350. The largest absolute Gasteiger partial charge is 0.458 e. The molecule has 0 aliphatic carbocycles. The number of carbonyl (C=O) groups is 2. The van der Waals surface area contributed by atoms with Crippen LogP contribution in [-0.4, -0.2) is 45.0 Å². The van der Waals surface area contributed by atoms with E-state index in [1.807, 2.05) is 76.2 Å². The van der Waals surface area contributed by atoms with Crippen molar-refractivity contribution in [1.29, 1.82) is 0 Å². The molecule has 0 radical (unpaired) electrons. The third-order valence-electron chi connectivity index (χ3n) is 7.18. The monoisotopic (exact) mass is 601 g/mol. The molecule has 0 N–H and O–H groups in total. The van der Waals surface area contributed by atoms with Crippen LogP contribution in [0.25, 0.3) is 0 Å². The van der Waals surface area contributed by atoms with E-state index in [1.165, 1.54) is 11.8 Å². The lowest BCUT2D eigenvalue weighted by atomic mass is 9.81. The summed E-state index contributed by atoms with van der Waals surface area (Å²) in [5.74, 6) is -0.614. The second kappa shape index (κ2) is 11.4. The molecule has 9 heteroatoms. The lowest BCUT2D eigenvalue weighted by molar-refractivity contribution is -0.163. The van der Waals surface area contributed by atoms with Crippen LogP contribution in [-0.2, 0) is 19.9 Å². The molecule has 0 spiro atoms. The molecule has 3 atom stereocenters. The Morgan fingerprint density at radius 1 is 1.05 bits per heavy atom. The van der Waals surface area contributed by atoms with Gasteiger partial charge in [0, 0.05) is 22.3 Å². The highest BCUT2D eigenvalue weighted by molar-refractivity contribution is 8.18. The summed E-state index contributed by atoms with van der Waals surface area (Å²) in [5, 5.41) is 2.06. The third-order valence-corrected chi connectivity index (χ3v) is 8.75. The number of amidine groups is 1. The summed E-state index contributed by atoms with van der Waals surface area (Å²) in [7, 11) is 0. The van der Waals surface area contributed by atoms with Gasteiger partial charge < -0.3 is 14.5 Å². The topological polar surface area (TPSA) is 62.2 Å². The van der Waals surface area contributed by atoms with Gasteiger partial charge in [-0.3, -0.25) is 4.79 Å². The number of benzene rings is 2. The van der Waals surface area contributed by atoms with Crippen molar-refractivity contribution in [1.82, 2.24) is 9.80 Å². The zero-order valence-corrected chi connectivity index (χ0v) is 26.6. The first-order chi connectivity index (χ1) is 18.7. The molecule has 0 saturated heterocycles. The van der Waals surface area contributed by atoms with Gasteiger partial charge in [-0.1, -0.05) is 61.3 Å². The van der Waals surface area contributed by atoms with Gasteiger partial charge in [0.1, 0.15) is 22.1 Å². The van der Waals surface area contributed by atoms with Gasteiger partial charge in [-0.25, -0.2) is 9.79 Å². The van der Waals surface area contributed by atoms with E-state index < -0.39 is 23.2 Å². The van der Waals surface area contributed by atoms with E-state index in [4.69, 9.17) is 32.9 Å². The van der Waals surface area contributed by atoms with Gasteiger partial charge in [0.2, 0.25) is 0 Å². The number of hydrogen-bond acceptors (Lipinski definition) is 6. The van der Waals surface area contributed by atoms with Crippen LogP contribution in [0.15, 0.2) is 64.1 Å². The Morgan fingerprint density at radius 3 is 2.10 bits per heavy atom. The van der Waals surface area contributed by atoms with Crippen LogP contribution < -0.4 is 0 Å². The number of rotatable bonds is 7. The van der Waals surface area contributed by atoms with Crippen molar-refractivity contribution in [3.8, 4) is 0 Å². The number of nitrogens with zero attached hydrogens (tertiary/aromatic N) is 3. The van der Waals surface area contributed by atoms with Crippen molar-refractivity contribution >= 4 is 52.0 Å². The van der Waals surface area contributed by atoms with Crippen molar-refractivity contribution in [3.63, 3.8) is 0 Å². The number of hydrogen-bond donors (Lipinski definition) is 0. The first-order valence-corrected chi connectivity index (χ1v) is 15.1. The lowest BCUT2D eigenvalue weighted by Gasteiger charge is -2.37. The Kier molecular flexibility index (Phi) is 8.70. The minimum Gasteiger partial charge on any atom is -0.458 e. The molecule has 2 aromatic carbocycles. The Balaban J connectivity index is 1.80. The second-order valence-electron chi connectivity index (χ2n) is 11.6. The van der Waals surface area contributed by atoms with E-state index in [0.29, 0.717) is 21.5 Å². The van der Waals surface area contributed by atoms with E-state index in [1.54, 1.807) is 11.8 Å². The summed E-state index contributed by atoms with van der Waals surface area (Å²) in [4.78, 5) is 36.7. The van der Waals surface area contributed by atoms with Gasteiger partial charge in [0.15, 0.2) is 5.17 Å². The molecule has 0 bridgehead atoms. The zero-order chi connectivity index (χ0) is 29.6. The van der Waals surface area contributed by atoms with Crippen molar-refractivity contribution in [2.75, 3.05) is 6.54 Å². The molecule has 0 saturated carbocycles. The Labute approximate surface area is 251 Å². The van der Waals surface area contributed by atoms with Crippen molar-refractivity contribution in [2.24, 2.45) is 10.9 Å². The van der Waals surface area contributed by atoms with Crippen LogP contribution in [0.3, 0.4) is 0 Å². The molecule has 6 nitrogen and oxygen atoms in total. The Morgan fingerprint density at radius 2 is 1.60 bits per heavy atom. The first-order valence-electron chi connectivity index (χ1n) is 13.5. The highest BCUT2D eigenvalue weighted by Crippen LogP contribution is 2.56. The molecule has 0 fully saturated rings. The van der Waals surface area contributed by atoms with Crippen LogP contribution in [0, 0.1) is 5.92 Å². The van der Waals surface area contributed by atoms with Gasteiger partial charge in [-0.2, -0.15) is 0 Å². The van der Waals surface area contributed by atoms with Crippen LogP contribution in [0.2, 0.25) is 10.0 Å². The van der Waals surface area contributed by atoms with Crippen LogP contribution >= 0.6 is 35.0 Å². The smallest absolute Gasteiger partial charge is 0.329 e. The summed E-state index contributed by atoms with van der Waals surface area (Å²) in [6.45, 7) is 15.7. The predicted octanol–water partition coefficient (Wildman–Crippen LogP) is 7.81. The van der Waals surface area contributed by atoms with Crippen molar-refractivity contribution in [2.45, 2.75) is 78.6 Å². The molecule has 40 heavy (non-hydrogen) atoms. The van der Waals surface area contributed by atoms with Crippen molar-refractivity contribution < 1.29 is 14.3 Å². The highest BCUT2D eigenvalue weighted by atomic mass is 35.5. The maximum atomic E-state index is 14.1. The van der Waals surface area contributed by atoms with E-state index in [-0.39, 0.29) is 17.9 Å². The molecule has 1 amide bonds. The Hall–Kier alpha value is -2.48. The van der Waals surface area contributed by atoms with E-state index in [2.05, 4.69) is 25.7 Å². The molecule has 2 aliphatic rings. The lowest BCUT2D eigenvalue weighted by Crippen LogP contribution is -2.46. The van der Waals surface area contributed by atoms with Gasteiger partial charge >= 0.3 is 5.97 Å². The standard InChI is InChI=1S/C31H37Cl2N3O3S/c1-9-35(19(4)28(38)39-30(5,6)7)27(37)25-24(18(2)3)36-26(20-10-14-22(32)15-11-20)31(8,34-29(36)40-25)21-12-16-23(33)17-13-21/h10-19,26H,9H2,1-8H3/t19-,26+,31-/m0/s1. The molecule has 4 rings (SSSR count). The summed E-state index contributed by atoms with van der Waals surface area (Å²) in [5.41, 5.74) is 1.64. The fraction of sp³-hybridized carbons (Fsp3) is 0.452. The molecular weight excluding hydrogens is 565 g/mol. The molecular formula is C31H37Cl2N3O3S. The van der Waals surface area contributed by atoms with E-state index >= 15 is 0 Å². The van der Waals surface area contributed by atoms with Crippen LogP contribution in [0.5, 0.6) is 0 Å². The molecule has 0 unspecified atom stereocenters. The number of esters is 1. The van der Waals surface area contributed by atoms with E-state index in [9.17, 15) is 9.59 Å². The number of carbonyl (C=O) groups excluding carboxylic acids is 2. The van der Waals surface area contributed by atoms with Crippen LogP contribution in [0.4, 0.5) is 0 Å². The number of halogens is 2. The van der Waals surface area contributed by atoms with E-state index in [0.717, 1.165) is 22.0 Å².